The third-order valence-electron chi connectivity index (χ3n) is 4.48. The van der Waals surface area contributed by atoms with Crippen LogP contribution in [-0.2, 0) is 6.54 Å². The van der Waals surface area contributed by atoms with Crippen LogP contribution in [0.3, 0.4) is 0 Å². The van der Waals surface area contributed by atoms with Gasteiger partial charge in [0.25, 0.3) is 0 Å². The van der Waals surface area contributed by atoms with Gasteiger partial charge in [0.05, 0.1) is 5.69 Å². The molecule has 0 aromatic carbocycles. The molecular formula is C19H33N5O2. The number of carboxylic acids is 1. The summed E-state index contributed by atoms with van der Waals surface area (Å²) >= 11 is 0. The van der Waals surface area contributed by atoms with E-state index in [1.54, 1.807) is 12.1 Å². The highest BCUT2D eigenvalue weighted by Crippen LogP contribution is 2.06. The van der Waals surface area contributed by atoms with Crippen molar-refractivity contribution in [1.29, 1.82) is 0 Å². The minimum atomic E-state index is -0.970. The van der Waals surface area contributed by atoms with Crippen molar-refractivity contribution in [2.75, 3.05) is 52.4 Å². The van der Waals surface area contributed by atoms with E-state index < -0.39 is 5.97 Å². The van der Waals surface area contributed by atoms with Gasteiger partial charge in [-0.25, -0.2) is 9.78 Å². The smallest absolute Gasteiger partial charge is 0.354 e. The number of nitrogens with zero attached hydrogens (tertiary/aromatic N) is 2. The van der Waals surface area contributed by atoms with Gasteiger partial charge in [0.15, 0.2) is 0 Å². The third-order valence-corrected chi connectivity index (χ3v) is 4.48. The first-order valence-electron chi connectivity index (χ1n) is 9.79. The van der Waals surface area contributed by atoms with E-state index in [0.717, 1.165) is 83.7 Å². The van der Waals surface area contributed by atoms with E-state index in [0.29, 0.717) is 6.54 Å². The number of aromatic carboxylic acids is 1. The number of hydrogen-bond acceptors (Lipinski definition) is 6. The van der Waals surface area contributed by atoms with Crippen molar-refractivity contribution in [1.82, 2.24) is 25.8 Å². The minimum absolute atomic E-state index is 0.119. The molecule has 0 aliphatic carbocycles. The second-order valence-corrected chi connectivity index (χ2v) is 6.76. The van der Waals surface area contributed by atoms with Gasteiger partial charge in [0, 0.05) is 6.54 Å². The van der Waals surface area contributed by atoms with Crippen LogP contribution < -0.4 is 16.0 Å². The first-order valence-corrected chi connectivity index (χ1v) is 9.79. The van der Waals surface area contributed by atoms with Gasteiger partial charge >= 0.3 is 5.97 Å². The Morgan fingerprint density at radius 3 is 2.00 bits per heavy atom. The lowest BCUT2D eigenvalue weighted by Crippen LogP contribution is -2.32. The first kappa shape index (κ1) is 20.8. The SMILES string of the molecule is O=C(O)c1cccc(CN2CCCNCCCNCCCNCCC2)n1. The number of pyridine rings is 1. The van der Waals surface area contributed by atoms with Gasteiger partial charge in [-0.1, -0.05) is 6.07 Å². The Bertz CT molecular complexity index is 510. The molecule has 4 N–H and O–H groups in total. The van der Waals surface area contributed by atoms with Crippen LogP contribution in [0.5, 0.6) is 0 Å². The molecule has 0 atom stereocenters. The summed E-state index contributed by atoms with van der Waals surface area (Å²) in [6.45, 7) is 8.95. The molecule has 1 aliphatic heterocycles. The Labute approximate surface area is 156 Å². The Hall–Kier alpha value is -1.54. The maximum atomic E-state index is 11.1. The van der Waals surface area contributed by atoms with Gasteiger partial charge in [0.1, 0.15) is 5.69 Å². The molecule has 146 valence electrons. The minimum Gasteiger partial charge on any atom is -0.477 e. The van der Waals surface area contributed by atoms with Crippen LogP contribution in [0.15, 0.2) is 18.2 Å². The normalized spacial score (nSPS) is 19.8. The zero-order valence-electron chi connectivity index (χ0n) is 15.7. The van der Waals surface area contributed by atoms with Crippen molar-refractivity contribution in [3.8, 4) is 0 Å². The fourth-order valence-electron chi connectivity index (χ4n) is 3.09. The molecule has 0 radical (unpaired) electrons. The molecule has 1 fully saturated rings. The number of hydrogen-bond donors (Lipinski definition) is 4. The molecule has 7 heteroatoms. The summed E-state index contributed by atoms with van der Waals surface area (Å²) in [5.74, 6) is -0.970. The van der Waals surface area contributed by atoms with Crippen molar-refractivity contribution in [2.45, 2.75) is 32.2 Å². The Kier molecular flexibility index (Phi) is 10.2. The van der Waals surface area contributed by atoms with Crippen LogP contribution in [0.4, 0.5) is 0 Å². The highest BCUT2D eigenvalue weighted by atomic mass is 16.4. The lowest BCUT2D eigenvalue weighted by atomic mass is 10.2. The molecule has 0 spiro atoms. The van der Waals surface area contributed by atoms with E-state index in [4.69, 9.17) is 5.11 Å². The number of rotatable bonds is 3. The number of nitrogens with one attached hydrogen (secondary N) is 3. The quantitative estimate of drug-likeness (QED) is 0.635. The predicted octanol–water partition coefficient (Wildman–Crippen LogP) is 0.925. The molecule has 1 aliphatic rings. The summed E-state index contributed by atoms with van der Waals surface area (Å²) < 4.78 is 0. The first-order chi connectivity index (χ1) is 12.8. The van der Waals surface area contributed by atoms with E-state index in [9.17, 15) is 4.79 Å². The highest BCUT2D eigenvalue weighted by Gasteiger charge is 2.10. The molecular weight excluding hydrogens is 330 g/mol. The molecule has 0 saturated carbocycles. The predicted molar refractivity (Wildman–Crippen MR) is 104 cm³/mol. The van der Waals surface area contributed by atoms with Crippen molar-refractivity contribution >= 4 is 5.97 Å². The van der Waals surface area contributed by atoms with Crippen LogP contribution in [-0.4, -0.2) is 73.3 Å². The Morgan fingerprint density at radius 1 is 0.923 bits per heavy atom. The van der Waals surface area contributed by atoms with Gasteiger partial charge in [0.2, 0.25) is 0 Å². The van der Waals surface area contributed by atoms with Crippen molar-refractivity contribution in [3.63, 3.8) is 0 Å². The van der Waals surface area contributed by atoms with Gasteiger partial charge in [-0.05, 0) is 90.2 Å². The Balaban J connectivity index is 1.86. The molecule has 7 nitrogen and oxygen atoms in total. The zero-order valence-corrected chi connectivity index (χ0v) is 15.7. The molecule has 1 aromatic rings. The van der Waals surface area contributed by atoms with Crippen LogP contribution in [0.2, 0.25) is 0 Å². The summed E-state index contributed by atoms with van der Waals surface area (Å²) in [5, 5.41) is 19.6. The zero-order chi connectivity index (χ0) is 18.5. The topological polar surface area (TPSA) is 89.5 Å². The summed E-state index contributed by atoms with van der Waals surface area (Å²) in [5.41, 5.74) is 0.945. The van der Waals surface area contributed by atoms with Crippen LogP contribution >= 0.6 is 0 Å². The van der Waals surface area contributed by atoms with Crippen molar-refractivity contribution in [2.24, 2.45) is 0 Å². The molecule has 2 heterocycles. The molecule has 0 amide bonds. The second kappa shape index (κ2) is 12.8. The molecule has 2 rings (SSSR count). The van der Waals surface area contributed by atoms with E-state index in [-0.39, 0.29) is 5.69 Å². The standard InChI is InChI=1S/C19H33N5O2/c25-19(26)18-7-1-6-17(23-18)16-24-14-4-12-21-10-2-8-20-9-3-11-22-13-5-15-24/h1,6-7,20-22H,2-5,8-16H2,(H,25,26). The summed E-state index contributed by atoms with van der Waals surface area (Å²) in [7, 11) is 0. The van der Waals surface area contributed by atoms with Crippen LogP contribution in [0, 0.1) is 0 Å². The van der Waals surface area contributed by atoms with E-state index in [1.807, 2.05) is 6.07 Å². The van der Waals surface area contributed by atoms with Crippen LogP contribution in [0.25, 0.3) is 0 Å². The van der Waals surface area contributed by atoms with E-state index >= 15 is 0 Å². The maximum absolute atomic E-state index is 11.1. The molecule has 26 heavy (non-hydrogen) atoms. The fraction of sp³-hybridized carbons (Fsp3) is 0.684. The molecule has 0 bridgehead atoms. The number of carbonyl (C=O) groups is 1. The number of aromatic nitrogens is 1. The van der Waals surface area contributed by atoms with Gasteiger partial charge in [-0.2, -0.15) is 0 Å². The molecule has 1 saturated heterocycles. The van der Waals surface area contributed by atoms with Crippen LogP contribution in [0.1, 0.15) is 41.9 Å². The number of carboxylic acid groups (broad SMARTS) is 1. The average Bonchev–Trinajstić information content (AvgIpc) is 2.63. The van der Waals surface area contributed by atoms with Gasteiger partial charge in [-0.3, -0.25) is 4.90 Å². The van der Waals surface area contributed by atoms with Crippen molar-refractivity contribution < 1.29 is 9.90 Å². The summed E-state index contributed by atoms with van der Waals surface area (Å²) in [4.78, 5) is 17.8. The fourth-order valence-corrected chi connectivity index (χ4v) is 3.09. The lowest BCUT2D eigenvalue weighted by Gasteiger charge is -2.22. The average molecular weight is 364 g/mol. The Morgan fingerprint density at radius 2 is 1.46 bits per heavy atom. The highest BCUT2D eigenvalue weighted by molar-refractivity contribution is 5.85. The van der Waals surface area contributed by atoms with Crippen molar-refractivity contribution in [3.05, 3.63) is 29.6 Å². The summed E-state index contributed by atoms with van der Waals surface area (Å²) in [6, 6.07) is 5.23. The monoisotopic (exact) mass is 363 g/mol. The molecule has 1 aromatic heterocycles. The largest absolute Gasteiger partial charge is 0.477 e. The van der Waals surface area contributed by atoms with Gasteiger partial charge < -0.3 is 21.1 Å². The lowest BCUT2D eigenvalue weighted by molar-refractivity contribution is 0.0690. The van der Waals surface area contributed by atoms with E-state index in [2.05, 4.69) is 25.8 Å². The maximum Gasteiger partial charge on any atom is 0.354 e. The second-order valence-electron chi connectivity index (χ2n) is 6.76. The summed E-state index contributed by atoms with van der Waals surface area (Å²) in [6.07, 6.45) is 4.48. The van der Waals surface area contributed by atoms with E-state index in [1.165, 1.54) is 0 Å². The molecule has 0 unspecified atom stereocenters. The third kappa shape index (κ3) is 8.71. The van der Waals surface area contributed by atoms with Gasteiger partial charge in [-0.15, -0.1) is 0 Å².